The van der Waals surface area contributed by atoms with Crippen molar-refractivity contribution in [3.63, 3.8) is 0 Å². The second kappa shape index (κ2) is 7.72. The lowest BCUT2D eigenvalue weighted by molar-refractivity contribution is -0.134. The van der Waals surface area contributed by atoms with E-state index in [2.05, 4.69) is 26.6 Å². The third kappa shape index (κ3) is 3.01. The Labute approximate surface area is 191 Å². The van der Waals surface area contributed by atoms with E-state index in [4.69, 9.17) is 4.98 Å². The van der Waals surface area contributed by atoms with Gasteiger partial charge in [-0.3, -0.25) is 14.9 Å². The largest absolute Gasteiger partial charge is 0.396 e. The zero-order valence-electron chi connectivity index (χ0n) is 17.0. The summed E-state index contributed by atoms with van der Waals surface area (Å²) < 4.78 is 2.93. The van der Waals surface area contributed by atoms with Crippen LogP contribution in [0.15, 0.2) is 46.9 Å². The molecule has 0 saturated carbocycles. The molecule has 3 aromatic rings. The summed E-state index contributed by atoms with van der Waals surface area (Å²) in [5.41, 5.74) is 0.941. The Morgan fingerprint density at radius 1 is 1.09 bits per heavy atom. The van der Waals surface area contributed by atoms with Crippen molar-refractivity contribution in [1.29, 1.82) is 0 Å². The molecule has 1 aromatic heterocycles. The van der Waals surface area contributed by atoms with Gasteiger partial charge in [0.1, 0.15) is 5.82 Å². The number of amides is 4. The Balaban J connectivity index is 1.58. The number of aliphatic hydroxyl groups is 1. The Kier molecular flexibility index (Phi) is 4.98. The van der Waals surface area contributed by atoms with E-state index in [9.17, 15) is 19.5 Å². The SMILES string of the molecule is O=C1NC(=O)C2(N1)C(=O)N(Cc1nc3cc(Br)ccc3n1CCCCO)c1ccccc12. The summed E-state index contributed by atoms with van der Waals surface area (Å²) in [5.74, 6) is -0.541. The number of para-hydroxylation sites is 1. The van der Waals surface area contributed by atoms with Gasteiger partial charge < -0.3 is 19.9 Å². The first-order valence-electron chi connectivity index (χ1n) is 10.3. The number of benzene rings is 2. The fourth-order valence-corrected chi connectivity index (χ4v) is 4.80. The summed E-state index contributed by atoms with van der Waals surface area (Å²) >= 11 is 3.47. The molecule has 9 nitrogen and oxygen atoms in total. The standard InChI is InChI=1S/C22H20BrN5O4/c23-13-7-8-17-15(11-13)24-18(27(17)9-3-4-10-29)12-28-16-6-2-1-5-14(16)22(20(28)31)19(30)25-21(32)26-22/h1-2,5-8,11,29H,3-4,9-10,12H2,(H2,25,26,30,32). The molecule has 0 aliphatic carbocycles. The molecule has 0 bridgehead atoms. The van der Waals surface area contributed by atoms with Crippen LogP contribution in [-0.2, 0) is 28.2 Å². The number of hydrogen-bond acceptors (Lipinski definition) is 5. The van der Waals surface area contributed by atoms with Gasteiger partial charge in [-0.05, 0) is 37.1 Å². The molecule has 1 atom stereocenters. The van der Waals surface area contributed by atoms with Gasteiger partial charge in [0.15, 0.2) is 0 Å². The van der Waals surface area contributed by atoms with Crippen LogP contribution in [0.5, 0.6) is 0 Å². The minimum Gasteiger partial charge on any atom is -0.396 e. The number of nitrogens with zero attached hydrogens (tertiary/aromatic N) is 3. The lowest BCUT2D eigenvalue weighted by atomic mass is 9.92. The number of imidazole rings is 1. The molecule has 0 radical (unpaired) electrons. The Morgan fingerprint density at radius 3 is 2.66 bits per heavy atom. The zero-order chi connectivity index (χ0) is 22.5. The number of halogens is 1. The van der Waals surface area contributed by atoms with Crippen molar-refractivity contribution in [3.8, 4) is 0 Å². The van der Waals surface area contributed by atoms with E-state index in [1.54, 1.807) is 24.3 Å². The van der Waals surface area contributed by atoms with Gasteiger partial charge in [0.05, 0.1) is 23.3 Å². The molecule has 1 fully saturated rings. The summed E-state index contributed by atoms with van der Waals surface area (Å²) in [7, 11) is 0. The number of aliphatic hydroxyl groups excluding tert-OH is 1. The number of urea groups is 1. The van der Waals surface area contributed by atoms with Crippen molar-refractivity contribution >= 4 is 50.5 Å². The highest BCUT2D eigenvalue weighted by molar-refractivity contribution is 9.10. The summed E-state index contributed by atoms with van der Waals surface area (Å²) in [6.45, 7) is 0.856. The summed E-state index contributed by atoms with van der Waals surface area (Å²) in [6.07, 6.45) is 1.40. The topological polar surface area (TPSA) is 117 Å². The molecule has 5 rings (SSSR count). The minimum absolute atomic E-state index is 0.100. The second-order valence-corrected chi connectivity index (χ2v) is 8.73. The normalized spacial score (nSPS) is 19.7. The highest BCUT2D eigenvalue weighted by Crippen LogP contribution is 2.42. The number of aryl methyl sites for hydroxylation is 1. The van der Waals surface area contributed by atoms with Crippen molar-refractivity contribution < 1.29 is 19.5 Å². The number of aromatic nitrogens is 2. The molecule has 1 unspecified atom stereocenters. The smallest absolute Gasteiger partial charge is 0.323 e. The van der Waals surface area contributed by atoms with E-state index in [1.165, 1.54) is 4.90 Å². The van der Waals surface area contributed by atoms with Crippen LogP contribution >= 0.6 is 15.9 Å². The first-order chi connectivity index (χ1) is 15.5. The number of nitrogens with one attached hydrogen (secondary N) is 2. The Hall–Kier alpha value is -3.24. The molecule has 3 heterocycles. The maximum atomic E-state index is 13.6. The number of carbonyl (C=O) groups is 3. The molecule has 2 aliphatic heterocycles. The zero-order valence-corrected chi connectivity index (χ0v) is 18.6. The Morgan fingerprint density at radius 2 is 1.91 bits per heavy atom. The quantitative estimate of drug-likeness (QED) is 0.274. The van der Waals surface area contributed by atoms with Gasteiger partial charge in [-0.15, -0.1) is 0 Å². The van der Waals surface area contributed by atoms with Crippen LogP contribution in [0.25, 0.3) is 11.0 Å². The number of carbonyl (C=O) groups excluding carboxylic acids is 3. The number of fused-ring (bicyclic) bond motifs is 3. The van der Waals surface area contributed by atoms with Crippen LogP contribution < -0.4 is 15.5 Å². The first kappa shape index (κ1) is 20.7. The van der Waals surface area contributed by atoms with Crippen LogP contribution in [0.2, 0.25) is 0 Å². The average Bonchev–Trinajstić information content (AvgIpc) is 3.35. The van der Waals surface area contributed by atoms with Gasteiger partial charge in [0.2, 0.25) is 5.54 Å². The van der Waals surface area contributed by atoms with Crippen molar-refractivity contribution in [1.82, 2.24) is 20.2 Å². The maximum Gasteiger partial charge on any atom is 0.323 e. The van der Waals surface area contributed by atoms with Crippen LogP contribution in [0.4, 0.5) is 10.5 Å². The molecule has 3 N–H and O–H groups in total. The van der Waals surface area contributed by atoms with E-state index in [-0.39, 0.29) is 13.2 Å². The predicted molar refractivity (Wildman–Crippen MR) is 120 cm³/mol. The molecule has 2 aliphatic rings. The predicted octanol–water partition coefficient (Wildman–Crippen LogP) is 2.15. The number of rotatable bonds is 6. The van der Waals surface area contributed by atoms with Gasteiger partial charge in [0, 0.05) is 23.2 Å². The number of imide groups is 1. The van der Waals surface area contributed by atoms with Gasteiger partial charge >= 0.3 is 6.03 Å². The van der Waals surface area contributed by atoms with E-state index in [0.29, 0.717) is 30.0 Å². The van der Waals surface area contributed by atoms with E-state index in [0.717, 1.165) is 21.9 Å². The second-order valence-electron chi connectivity index (χ2n) is 7.81. The third-order valence-corrected chi connectivity index (χ3v) is 6.41. The highest BCUT2D eigenvalue weighted by atomic mass is 79.9. The van der Waals surface area contributed by atoms with Crippen LogP contribution in [-0.4, -0.2) is 39.1 Å². The summed E-state index contributed by atoms with van der Waals surface area (Å²) in [5, 5.41) is 13.9. The van der Waals surface area contributed by atoms with Gasteiger partial charge in [0.25, 0.3) is 11.8 Å². The molecule has 4 amide bonds. The molecule has 10 heteroatoms. The van der Waals surface area contributed by atoms with Gasteiger partial charge in [-0.2, -0.15) is 0 Å². The molecule has 32 heavy (non-hydrogen) atoms. The highest BCUT2D eigenvalue weighted by Gasteiger charge is 2.61. The van der Waals surface area contributed by atoms with Crippen molar-refractivity contribution in [2.45, 2.75) is 31.5 Å². The van der Waals surface area contributed by atoms with Crippen LogP contribution in [0.1, 0.15) is 24.2 Å². The first-order valence-corrected chi connectivity index (χ1v) is 11.1. The van der Waals surface area contributed by atoms with Crippen LogP contribution in [0.3, 0.4) is 0 Å². The lowest BCUT2D eigenvalue weighted by Crippen LogP contribution is -2.52. The van der Waals surface area contributed by atoms with E-state index < -0.39 is 23.4 Å². The summed E-state index contributed by atoms with van der Waals surface area (Å²) in [4.78, 5) is 44.5. The molecule has 164 valence electrons. The number of hydrogen-bond donors (Lipinski definition) is 3. The average molecular weight is 498 g/mol. The summed E-state index contributed by atoms with van der Waals surface area (Å²) in [6, 6.07) is 12.1. The molecule has 2 aromatic carbocycles. The third-order valence-electron chi connectivity index (χ3n) is 5.91. The maximum absolute atomic E-state index is 13.6. The van der Waals surface area contributed by atoms with Gasteiger partial charge in [-0.25, -0.2) is 9.78 Å². The number of anilines is 1. The van der Waals surface area contributed by atoms with E-state index in [1.807, 2.05) is 22.8 Å². The Bertz CT molecular complexity index is 1270. The monoisotopic (exact) mass is 497 g/mol. The van der Waals surface area contributed by atoms with Crippen molar-refractivity contribution in [2.24, 2.45) is 0 Å². The number of unbranched alkanes of at least 4 members (excludes halogenated alkanes) is 1. The molecular weight excluding hydrogens is 478 g/mol. The van der Waals surface area contributed by atoms with Crippen molar-refractivity contribution in [2.75, 3.05) is 11.5 Å². The fraction of sp³-hybridized carbons (Fsp3) is 0.273. The molecule has 1 spiro atoms. The fourth-order valence-electron chi connectivity index (χ4n) is 4.45. The molecular formula is C22H20BrN5O4. The van der Waals surface area contributed by atoms with Crippen LogP contribution in [0, 0.1) is 0 Å². The van der Waals surface area contributed by atoms with Gasteiger partial charge in [-0.1, -0.05) is 34.1 Å². The minimum atomic E-state index is -1.76. The lowest BCUT2D eigenvalue weighted by Gasteiger charge is -2.21. The van der Waals surface area contributed by atoms with Crippen molar-refractivity contribution in [3.05, 3.63) is 58.3 Å². The molecule has 1 saturated heterocycles. The van der Waals surface area contributed by atoms with E-state index >= 15 is 0 Å².